The average molecular weight is 267 g/mol. The molecule has 1 aliphatic heterocycles. The van der Waals surface area contributed by atoms with Gasteiger partial charge in [-0.15, -0.1) is 0 Å². The fourth-order valence-corrected chi connectivity index (χ4v) is 3.79. The fraction of sp³-hybridized carbons (Fsp3) is 0.867. The van der Waals surface area contributed by atoms with Crippen molar-refractivity contribution in [3.8, 4) is 0 Å². The highest BCUT2D eigenvalue weighted by Crippen LogP contribution is 2.43. The Labute approximate surface area is 115 Å². The normalized spacial score (nSPS) is 34.0. The smallest absolute Gasteiger partial charge is 0.233 e. The van der Waals surface area contributed by atoms with Crippen molar-refractivity contribution in [2.45, 2.75) is 52.6 Å². The minimum absolute atomic E-state index is 0.0663. The second kappa shape index (κ2) is 4.89. The lowest BCUT2D eigenvalue weighted by Gasteiger charge is -2.30. The quantitative estimate of drug-likeness (QED) is 0.790. The SMILES string of the molecule is CC(C)CC(C)(O)CN1C(=O)C2CC(C)CC2C1=O. The molecule has 0 aromatic heterocycles. The van der Waals surface area contributed by atoms with Crippen molar-refractivity contribution in [3.05, 3.63) is 0 Å². The van der Waals surface area contributed by atoms with E-state index in [-0.39, 0.29) is 30.2 Å². The number of likely N-dealkylation sites (tertiary alicyclic amines) is 1. The molecule has 0 spiro atoms. The summed E-state index contributed by atoms with van der Waals surface area (Å²) >= 11 is 0. The van der Waals surface area contributed by atoms with Crippen LogP contribution in [0.2, 0.25) is 0 Å². The van der Waals surface area contributed by atoms with E-state index in [4.69, 9.17) is 0 Å². The predicted octanol–water partition coefficient (Wildman–Crippen LogP) is 1.81. The zero-order valence-corrected chi connectivity index (χ0v) is 12.3. The lowest BCUT2D eigenvalue weighted by Crippen LogP contribution is -2.45. The number of aliphatic hydroxyl groups is 1. The molecule has 4 nitrogen and oxygen atoms in total. The number of rotatable bonds is 4. The van der Waals surface area contributed by atoms with Crippen LogP contribution in [0, 0.1) is 23.7 Å². The molecule has 0 radical (unpaired) electrons. The maximum atomic E-state index is 12.3. The summed E-state index contributed by atoms with van der Waals surface area (Å²) in [7, 11) is 0. The molecule has 1 aliphatic carbocycles. The van der Waals surface area contributed by atoms with Crippen molar-refractivity contribution >= 4 is 11.8 Å². The summed E-state index contributed by atoms with van der Waals surface area (Å²) in [6.45, 7) is 8.00. The molecule has 4 heteroatoms. The Morgan fingerprint density at radius 2 is 1.74 bits per heavy atom. The Morgan fingerprint density at radius 3 is 2.16 bits per heavy atom. The Balaban J connectivity index is 2.07. The molecule has 1 saturated carbocycles. The fourth-order valence-electron chi connectivity index (χ4n) is 3.79. The lowest BCUT2D eigenvalue weighted by atomic mass is 9.93. The van der Waals surface area contributed by atoms with Crippen molar-refractivity contribution in [1.29, 1.82) is 0 Å². The largest absolute Gasteiger partial charge is 0.388 e. The standard InChI is InChI=1S/C15H25NO3/c1-9(2)7-15(4,19)8-16-13(17)11-5-10(3)6-12(11)14(16)18/h9-12,19H,5-8H2,1-4H3. The van der Waals surface area contributed by atoms with Gasteiger partial charge in [-0.25, -0.2) is 0 Å². The third-order valence-corrected chi connectivity index (χ3v) is 4.31. The molecule has 108 valence electrons. The second-order valence-corrected chi connectivity index (χ2v) is 7.15. The number of nitrogens with zero attached hydrogens (tertiary/aromatic N) is 1. The maximum absolute atomic E-state index is 12.3. The zero-order valence-electron chi connectivity index (χ0n) is 12.3. The highest BCUT2D eigenvalue weighted by atomic mass is 16.3. The first-order valence-electron chi connectivity index (χ1n) is 7.29. The number of β-amino-alcohol motifs (C(OH)–C–C–N with tert-alkyl or cyclic N) is 1. The van der Waals surface area contributed by atoms with Crippen LogP contribution in [0.15, 0.2) is 0 Å². The summed E-state index contributed by atoms with van der Waals surface area (Å²) in [4.78, 5) is 25.9. The number of hydrogen-bond acceptors (Lipinski definition) is 3. The van der Waals surface area contributed by atoms with Crippen LogP contribution in [-0.4, -0.2) is 34.0 Å². The van der Waals surface area contributed by atoms with Gasteiger partial charge in [0, 0.05) is 0 Å². The van der Waals surface area contributed by atoms with Gasteiger partial charge in [0.1, 0.15) is 0 Å². The van der Waals surface area contributed by atoms with Crippen LogP contribution in [0.5, 0.6) is 0 Å². The third-order valence-electron chi connectivity index (χ3n) is 4.31. The van der Waals surface area contributed by atoms with E-state index >= 15 is 0 Å². The molecule has 1 saturated heterocycles. The van der Waals surface area contributed by atoms with E-state index in [9.17, 15) is 14.7 Å². The molecule has 2 aliphatic rings. The summed E-state index contributed by atoms with van der Waals surface area (Å²) in [5.74, 6) is 0.407. The van der Waals surface area contributed by atoms with Crippen LogP contribution >= 0.6 is 0 Å². The van der Waals surface area contributed by atoms with Crippen molar-refractivity contribution in [3.63, 3.8) is 0 Å². The van der Waals surface area contributed by atoms with Crippen molar-refractivity contribution in [1.82, 2.24) is 4.90 Å². The molecule has 3 atom stereocenters. The van der Waals surface area contributed by atoms with Crippen molar-refractivity contribution < 1.29 is 14.7 Å². The third kappa shape index (κ3) is 2.83. The monoisotopic (exact) mass is 267 g/mol. The maximum Gasteiger partial charge on any atom is 0.233 e. The molecular weight excluding hydrogens is 242 g/mol. The van der Waals surface area contributed by atoms with Crippen LogP contribution in [0.3, 0.4) is 0 Å². The molecule has 19 heavy (non-hydrogen) atoms. The number of amides is 2. The van der Waals surface area contributed by atoms with E-state index in [1.165, 1.54) is 4.90 Å². The molecule has 1 heterocycles. The van der Waals surface area contributed by atoms with E-state index < -0.39 is 5.60 Å². The lowest BCUT2D eigenvalue weighted by molar-refractivity contribution is -0.144. The minimum atomic E-state index is -0.982. The molecule has 2 amide bonds. The number of carbonyl (C=O) groups is 2. The molecular formula is C15H25NO3. The summed E-state index contributed by atoms with van der Waals surface area (Å²) in [5.41, 5.74) is -0.982. The van der Waals surface area contributed by atoms with Gasteiger partial charge in [0.2, 0.25) is 11.8 Å². The van der Waals surface area contributed by atoms with Crippen molar-refractivity contribution in [2.75, 3.05) is 6.54 Å². The summed E-state index contributed by atoms with van der Waals surface area (Å²) < 4.78 is 0. The predicted molar refractivity (Wildman–Crippen MR) is 72.2 cm³/mol. The van der Waals surface area contributed by atoms with Gasteiger partial charge in [-0.1, -0.05) is 20.8 Å². The van der Waals surface area contributed by atoms with Crippen molar-refractivity contribution in [2.24, 2.45) is 23.7 Å². The number of imide groups is 1. The van der Waals surface area contributed by atoms with Gasteiger partial charge >= 0.3 is 0 Å². The molecule has 0 aromatic rings. The van der Waals surface area contributed by atoms with Gasteiger partial charge in [-0.2, -0.15) is 0 Å². The van der Waals surface area contributed by atoms with Gasteiger partial charge in [0.15, 0.2) is 0 Å². The molecule has 0 bridgehead atoms. The van der Waals surface area contributed by atoms with Gasteiger partial charge in [-0.05, 0) is 38.0 Å². The van der Waals surface area contributed by atoms with Crippen LogP contribution in [-0.2, 0) is 9.59 Å². The summed E-state index contributed by atoms with van der Waals surface area (Å²) in [5, 5.41) is 10.3. The van der Waals surface area contributed by atoms with Crippen LogP contribution in [0.25, 0.3) is 0 Å². The van der Waals surface area contributed by atoms with Crippen LogP contribution in [0.4, 0.5) is 0 Å². The molecule has 1 N–H and O–H groups in total. The molecule has 0 aromatic carbocycles. The molecule has 3 unspecified atom stereocenters. The first-order valence-corrected chi connectivity index (χ1v) is 7.29. The van der Waals surface area contributed by atoms with E-state index in [2.05, 4.69) is 6.92 Å². The highest BCUT2D eigenvalue weighted by Gasteiger charge is 2.52. The van der Waals surface area contributed by atoms with E-state index in [1.54, 1.807) is 6.92 Å². The summed E-state index contributed by atoms with van der Waals surface area (Å²) in [6.07, 6.45) is 2.23. The molecule has 2 rings (SSSR count). The topological polar surface area (TPSA) is 57.6 Å². The van der Waals surface area contributed by atoms with Gasteiger partial charge in [-0.3, -0.25) is 14.5 Å². The zero-order chi connectivity index (χ0) is 14.4. The minimum Gasteiger partial charge on any atom is -0.388 e. The van der Waals surface area contributed by atoms with Gasteiger partial charge in [0.05, 0.1) is 24.0 Å². The van der Waals surface area contributed by atoms with E-state index in [0.717, 1.165) is 12.8 Å². The van der Waals surface area contributed by atoms with Crippen LogP contribution in [0.1, 0.15) is 47.0 Å². The van der Waals surface area contributed by atoms with Gasteiger partial charge in [0.25, 0.3) is 0 Å². The average Bonchev–Trinajstić information content (AvgIpc) is 2.71. The summed E-state index contributed by atoms with van der Waals surface area (Å²) in [6, 6.07) is 0. The first-order chi connectivity index (χ1) is 8.71. The second-order valence-electron chi connectivity index (χ2n) is 7.15. The molecule has 2 fully saturated rings. The van der Waals surface area contributed by atoms with Crippen LogP contribution < -0.4 is 0 Å². The Kier molecular flexibility index (Phi) is 3.74. The Hall–Kier alpha value is -0.900. The van der Waals surface area contributed by atoms with E-state index in [1.807, 2.05) is 13.8 Å². The number of carbonyl (C=O) groups excluding carboxylic acids is 2. The highest BCUT2D eigenvalue weighted by molar-refractivity contribution is 6.05. The number of hydrogen-bond donors (Lipinski definition) is 1. The first kappa shape index (κ1) is 14.5. The van der Waals surface area contributed by atoms with Gasteiger partial charge < -0.3 is 5.11 Å². The Bertz CT molecular complexity index is 365. The Morgan fingerprint density at radius 1 is 1.26 bits per heavy atom. The number of fused-ring (bicyclic) bond motifs is 1. The van der Waals surface area contributed by atoms with E-state index in [0.29, 0.717) is 18.3 Å².